The Morgan fingerprint density at radius 2 is 2.15 bits per heavy atom. The highest BCUT2D eigenvalue weighted by Gasteiger charge is 1.98. The summed E-state index contributed by atoms with van der Waals surface area (Å²) >= 11 is 0. The van der Waals surface area contributed by atoms with Crippen LogP contribution in [0.5, 0.6) is 0 Å². The Balaban J connectivity index is 3.08. The molecule has 0 fully saturated rings. The van der Waals surface area contributed by atoms with Gasteiger partial charge in [-0.2, -0.15) is 0 Å². The van der Waals surface area contributed by atoms with Crippen LogP contribution in [-0.2, 0) is 14.4 Å². The molecule has 0 spiro atoms. The van der Waals surface area contributed by atoms with Crippen molar-refractivity contribution in [3.05, 3.63) is 0 Å². The summed E-state index contributed by atoms with van der Waals surface area (Å²) in [5, 5.41) is 2.65. The first-order valence-corrected chi connectivity index (χ1v) is 4.44. The van der Waals surface area contributed by atoms with Crippen LogP contribution >= 0.6 is 0 Å². The van der Waals surface area contributed by atoms with Gasteiger partial charge in [0.1, 0.15) is 6.61 Å². The van der Waals surface area contributed by atoms with Gasteiger partial charge in [0.15, 0.2) is 0 Å². The Kier molecular flexibility index (Phi) is 8.97. The van der Waals surface area contributed by atoms with Crippen molar-refractivity contribution in [2.45, 2.75) is 13.3 Å². The van der Waals surface area contributed by atoms with Crippen LogP contribution in [-0.4, -0.2) is 39.3 Å². The van der Waals surface area contributed by atoms with E-state index in [-0.39, 0.29) is 12.5 Å². The zero-order chi connectivity index (χ0) is 9.94. The molecule has 0 aromatic rings. The van der Waals surface area contributed by atoms with Crippen molar-refractivity contribution in [1.29, 1.82) is 0 Å². The van der Waals surface area contributed by atoms with E-state index in [1.807, 2.05) is 6.92 Å². The second kappa shape index (κ2) is 9.44. The maximum atomic E-state index is 10.9. The zero-order valence-corrected chi connectivity index (χ0v) is 8.26. The van der Waals surface area contributed by atoms with Crippen molar-refractivity contribution in [3.8, 4) is 0 Å². The van der Waals surface area contributed by atoms with Gasteiger partial charge >= 0.3 is 0 Å². The number of hydrogen-bond donors (Lipinski definition) is 2. The van der Waals surface area contributed by atoms with E-state index < -0.39 is 0 Å². The third-order valence-corrected chi connectivity index (χ3v) is 1.26. The first kappa shape index (κ1) is 12.3. The summed E-state index contributed by atoms with van der Waals surface area (Å²) < 4.78 is 5.17. The molecular weight excluding hydrogens is 172 g/mol. The molecule has 5 nitrogen and oxygen atoms in total. The summed E-state index contributed by atoms with van der Waals surface area (Å²) in [6, 6.07) is 0. The van der Waals surface area contributed by atoms with Crippen LogP contribution in [0.1, 0.15) is 13.3 Å². The first-order valence-electron chi connectivity index (χ1n) is 4.44. The van der Waals surface area contributed by atoms with Gasteiger partial charge in [0, 0.05) is 20.2 Å². The van der Waals surface area contributed by atoms with Crippen molar-refractivity contribution in [1.82, 2.24) is 10.8 Å². The molecule has 0 aliphatic rings. The SMILES string of the molecule is CCCOCCNC(=O)CONC. The van der Waals surface area contributed by atoms with Crippen LogP contribution in [0.15, 0.2) is 0 Å². The summed E-state index contributed by atoms with van der Waals surface area (Å²) in [4.78, 5) is 15.6. The van der Waals surface area contributed by atoms with E-state index in [2.05, 4.69) is 15.6 Å². The van der Waals surface area contributed by atoms with Gasteiger partial charge in [-0.15, -0.1) is 0 Å². The van der Waals surface area contributed by atoms with E-state index in [1.54, 1.807) is 7.05 Å². The van der Waals surface area contributed by atoms with Gasteiger partial charge in [0.2, 0.25) is 5.91 Å². The lowest BCUT2D eigenvalue weighted by atomic mass is 10.5. The maximum Gasteiger partial charge on any atom is 0.248 e. The van der Waals surface area contributed by atoms with Crippen molar-refractivity contribution < 1.29 is 14.4 Å². The summed E-state index contributed by atoms with van der Waals surface area (Å²) in [6.45, 7) is 3.90. The Morgan fingerprint density at radius 3 is 2.77 bits per heavy atom. The number of carbonyl (C=O) groups excluding carboxylic acids is 1. The molecule has 5 heteroatoms. The number of rotatable bonds is 8. The van der Waals surface area contributed by atoms with Gasteiger partial charge in [0.05, 0.1) is 6.61 Å². The summed E-state index contributed by atoms with van der Waals surface area (Å²) in [6.07, 6.45) is 0.997. The molecule has 0 atom stereocenters. The van der Waals surface area contributed by atoms with E-state index in [0.29, 0.717) is 13.2 Å². The minimum atomic E-state index is -0.144. The molecule has 1 amide bonds. The predicted octanol–water partition coefficient (Wildman–Crippen LogP) is -0.320. The van der Waals surface area contributed by atoms with Crippen molar-refractivity contribution >= 4 is 5.91 Å². The fourth-order valence-electron chi connectivity index (χ4n) is 0.698. The number of hydroxylamine groups is 1. The molecule has 0 rings (SSSR count). The van der Waals surface area contributed by atoms with Gasteiger partial charge in [-0.05, 0) is 6.42 Å². The highest BCUT2D eigenvalue weighted by Crippen LogP contribution is 1.78. The third kappa shape index (κ3) is 9.26. The Hall–Kier alpha value is -0.650. The third-order valence-electron chi connectivity index (χ3n) is 1.26. The van der Waals surface area contributed by atoms with Crippen LogP contribution in [0.25, 0.3) is 0 Å². The average molecular weight is 190 g/mol. The van der Waals surface area contributed by atoms with Crippen molar-refractivity contribution in [3.63, 3.8) is 0 Å². The molecule has 0 saturated carbocycles. The van der Waals surface area contributed by atoms with Crippen LogP contribution in [0.2, 0.25) is 0 Å². The fraction of sp³-hybridized carbons (Fsp3) is 0.875. The fourth-order valence-corrected chi connectivity index (χ4v) is 0.698. The summed E-state index contributed by atoms with van der Waals surface area (Å²) in [5.74, 6) is -0.144. The van der Waals surface area contributed by atoms with Crippen molar-refractivity contribution in [2.24, 2.45) is 0 Å². The topological polar surface area (TPSA) is 59.6 Å². The summed E-state index contributed by atoms with van der Waals surface area (Å²) in [5.41, 5.74) is 2.42. The monoisotopic (exact) mass is 190 g/mol. The zero-order valence-electron chi connectivity index (χ0n) is 8.26. The molecule has 0 aliphatic carbocycles. The highest BCUT2D eigenvalue weighted by atomic mass is 16.6. The smallest absolute Gasteiger partial charge is 0.248 e. The molecule has 0 saturated heterocycles. The minimum absolute atomic E-state index is 0.0320. The van der Waals surface area contributed by atoms with Crippen molar-refractivity contribution in [2.75, 3.05) is 33.4 Å². The van der Waals surface area contributed by atoms with E-state index >= 15 is 0 Å². The predicted molar refractivity (Wildman–Crippen MR) is 49.1 cm³/mol. The Labute approximate surface area is 78.7 Å². The van der Waals surface area contributed by atoms with Crippen LogP contribution < -0.4 is 10.8 Å². The minimum Gasteiger partial charge on any atom is -0.380 e. The van der Waals surface area contributed by atoms with Gasteiger partial charge in [-0.25, -0.2) is 5.48 Å². The molecule has 0 aromatic carbocycles. The normalized spacial score (nSPS) is 10.0. The number of amides is 1. The molecule has 0 aliphatic heterocycles. The average Bonchev–Trinajstić information content (AvgIpc) is 2.14. The molecule has 0 aromatic heterocycles. The molecule has 2 N–H and O–H groups in total. The lowest BCUT2D eigenvalue weighted by molar-refractivity contribution is -0.128. The van der Waals surface area contributed by atoms with Gasteiger partial charge in [-0.3, -0.25) is 9.63 Å². The van der Waals surface area contributed by atoms with E-state index in [0.717, 1.165) is 13.0 Å². The molecule has 0 bridgehead atoms. The van der Waals surface area contributed by atoms with Crippen LogP contribution in [0.4, 0.5) is 0 Å². The lowest BCUT2D eigenvalue weighted by Gasteiger charge is -2.05. The maximum absolute atomic E-state index is 10.9. The number of hydrogen-bond acceptors (Lipinski definition) is 4. The van der Waals surface area contributed by atoms with Gasteiger partial charge in [-0.1, -0.05) is 6.92 Å². The van der Waals surface area contributed by atoms with Gasteiger partial charge in [0.25, 0.3) is 0 Å². The standard InChI is InChI=1S/C8H18N2O3/c1-3-5-12-6-4-10-8(11)7-13-9-2/h9H,3-7H2,1-2H3,(H,10,11). The van der Waals surface area contributed by atoms with E-state index in [1.165, 1.54) is 0 Å². The molecular formula is C8H18N2O3. The van der Waals surface area contributed by atoms with E-state index in [4.69, 9.17) is 4.74 Å². The van der Waals surface area contributed by atoms with Crippen LogP contribution in [0.3, 0.4) is 0 Å². The number of ether oxygens (including phenoxy) is 1. The molecule has 78 valence electrons. The molecule has 13 heavy (non-hydrogen) atoms. The largest absolute Gasteiger partial charge is 0.380 e. The molecule has 0 heterocycles. The van der Waals surface area contributed by atoms with E-state index in [9.17, 15) is 4.79 Å². The van der Waals surface area contributed by atoms with Gasteiger partial charge < -0.3 is 10.1 Å². The quantitative estimate of drug-likeness (QED) is 0.407. The van der Waals surface area contributed by atoms with Crippen LogP contribution in [0, 0.1) is 0 Å². The highest BCUT2D eigenvalue weighted by molar-refractivity contribution is 5.77. The first-order chi connectivity index (χ1) is 6.31. The number of carbonyl (C=O) groups is 1. The summed E-state index contributed by atoms with van der Waals surface area (Å²) in [7, 11) is 1.61. The molecule has 0 unspecified atom stereocenters. The lowest BCUT2D eigenvalue weighted by Crippen LogP contribution is -2.32. The second-order valence-electron chi connectivity index (χ2n) is 2.46. The Morgan fingerprint density at radius 1 is 1.38 bits per heavy atom. The molecule has 0 radical (unpaired) electrons. The Bertz CT molecular complexity index is 131. The second-order valence-corrected chi connectivity index (χ2v) is 2.46. The number of nitrogens with one attached hydrogen (secondary N) is 2.